The number of aromatic nitrogens is 2. The number of carbonyl (C=O) groups excluding carboxylic acids is 1. The summed E-state index contributed by atoms with van der Waals surface area (Å²) in [4.78, 5) is 11.0. The first-order valence-corrected chi connectivity index (χ1v) is 7.62. The molecule has 1 aliphatic rings. The monoisotopic (exact) mass is 286 g/mol. The minimum Gasteiger partial charge on any atom is -0.550 e. The maximum atomic E-state index is 12.3. The molecule has 1 fully saturated rings. The van der Waals surface area contributed by atoms with E-state index in [2.05, 4.69) is 5.10 Å². The molecule has 1 saturated heterocycles. The van der Waals surface area contributed by atoms with Crippen LogP contribution in [0.5, 0.6) is 0 Å². The predicted molar refractivity (Wildman–Crippen MR) is 64.4 cm³/mol. The molecule has 0 bridgehead atoms. The summed E-state index contributed by atoms with van der Waals surface area (Å²) in [7, 11) is -3.66. The number of rotatable bonds is 4. The van der Waals surface area contributed by atoms with Crippen molar-refractivity contribution in [1.29, 1.82) is 0 Å². The third kappa shape index (κ3) is 2.79. The Hall–Kier alpha value is -1.41. The zero-order valence-corrected chi connectivity index (χ0v) is 11.5. The highest BCUT2D eigenvalue weighted by atomic mass is 32.2. The van der Waals surface area contributed by atoms with Crippen molar-refractivity contribution >= 4 is 16.0 Å². The first kappa shape index (κ1) is 14.0. The Labute approximate surface area is 111 Å². The molecule has 2 rings (SSSR count). The van der Waals surface area contributed by atoms with Crippen LogP contribution in [-0.2, 0) is 21.4 Å². The van der Waals surface area contributed by atoms with Gasteiger partial charge in [0, 0.05) is 37.7 Å². The van der Waals surface area contributed by atoms with E-state index in [4.69, 9.17) is 0 Å². The molecule has 1 aromatic heterocycles. The second-order valence-electron chi connectivity index (χ2n) is 4.55. The Morgan fingerprint density at radius 1 is 1.58 bits per heavy atom. The van der Waals surface area contributed by atoms with Crippen molar-refractivity contribution in [2.75, 3.05) is 13.1 Å². The number of aliphatic carboxylic acids is 1. The quantitative estimate of drug-likeness (QED) is 0.711. The Kier molecular flexibility index (Phi) is 3.91. The largest absolute Gasteiger partial charge is 0.550 e. The molecular weight excluding hydrogens is 270 g/mol. The highest BCUT2D eigenvalue weighted by Gasteiger charge is 2.31. The fraction of sp³-hybridized carbons (Fsp3) is 0.636. The molecule has 0 radical (unpaired) electrons. The molecule has 106 valence electrons. The summed E-state index contributed by atoms with van der Waals surface area (Å²) in [5, 5.41) is 14.8. The SMILES string of the molecule is CCn1cc(S(=O)(=O)N2CCC[C@@H](C(=O)[O-])C2)cn1. The zero-order chi connectivity index (χ0) is 14.0. The Balaban J connectivity index is 2.21. The average Bonchev–Trinajstić information content (AvgIpc) is 2.88. The van der Waals surface area contributed by atoms with Gasteiger partial charge >= 0.3 is 0 Å². The lowest BCUT2D eigenvalue weighted by atomic mass is 10.0. The normalized spacial score (nSPS) is 21.4. The molecule has 1 atom stereocenters. The van der Waals surface area contributed by atoms with Crippen LogP contribution in [0.3, 0.4) is 0 Å². The molecule has 0 aromatic carbocycles. The molecule has 0 aliphatic carbocycles. The molecule has 0 amide bonds. The highest BCUT2D eigenvalue weighted by Crippen LogP contribution is 2.23. The summed E-state index contributed by atoms with van der Waals surface area (Å²) in [6.45, 7) is 2.75. The first-order chi connectivity index (χ1) is 8.95. The second kappa shape index (κ2) is 5.30. The molecule has 0 saturated carbocycles. The fourth-order valence-electron chi connectivity index (χ4n) is 2.15. The van der Waals surface area contributed by atoms with Crippen LogP contribution in [0.1, 0.15) is 19.8 Å². The number of sulfonamides is 1. The van der Waals surface area contributed by atoms with Crippen LogP contribution in [0, 0.1) is 5.92 Å². The van der Waals surface area contributed by atoms with Crippen LogP contribution in [0.4, 0.5) is 0 Å². The minimum atomic E-state index is -3.66. The number of piperidine rings is 1. The highest BCUT2D eigenvalue weighted by molar-refractivity contribution is 7.89. The van der Waals surface area contributed by atoms with Gasteiger partial charge in [-0.2, -0.15) is 9.40 Å². The summed E-state index contributed by atoms with van der Waals surface area (Å²) < 4.78 is 27.4. The van der Waals surface area contributed by atoms with Gasteiger partial charge in [-0.25, -0.2) is 8.42 Å². The molecule has 0 unspecified atom stereocenters. The van der Waals surface area contributed by atoms with E-state index in [1.807, 2.05) is 6.92 Å². The Morgan fingerprint density at radius 2 is 2.32 bits per heavy atom. The van der Waals surface area contributed by atoms with E-state index in [9.17, 15) is 18.3 Å². The van der Waals surface area contributed by atoms with Crippen molar-refractivity contribution in [2.24, 2.45) is 5.92 Å². The average molecular weight is 286 g/mol. The lowest BCUT2D eigenvalue weighted by Gasteiger charge is -2.31. The summed E-state index contributed by atoms with van der Waals surface area (Å²) in [6, 6.07) is 0. The number of carboxylic acids is 1. The smallest absolute Gasteiger partial charge is 0.246 e. The van der Waals surface area contributed by atoms with E-state index in [1.165, 1.54) is 21.4 Å². The van der Waals surface area contributed by atoms with Crippen LogP contribution in [0.2, 0.25) is 0 Å². The van der Waals surface area contributed by atoms with Gasteiger partial charge in [0.1, 0.15) is 4.90 Å². The van der Waals surface area contributed by atoms with Crippen LogP contribution < -0.4 is 5.11 Å². The number of aryl methyl sites for hydroxylation is 1. The van der Waals surface area contributed by atoms with Crippen molar-refractivity contribution in [1.82, 2.24) is 14.1 Å². The Bertz CT molecular complexity index is 566. The summed E-state index contributed by atoms with van der Waals surface area (Å²) >= 11 is 0. The van der Waals surface area contributed by atoms with Crippen molar-refractivity contribution in [2.45, 2.75) is 31.2 Å². The number of carbonyl (C=O) groups is 1. The molecule has 2 heterocycles. The Morgan fingerprint density at radius 3 is 2.89 bits per heavy atom. The third-order valence-corrected chi connectivity index (χ3v) is 5.11. The van der Waals surface area contributed by atoms with Crippen LogP contribution in [-0.4, -0.2) is 41.6 Å². The van der Waals surface area contributed by atoms with Gasteiger partial charge < -0.3 is 9.90 Å². The topological polar surface area (TPSA) is 95.3 Å². The van der Waals surface area contributed by atoms with E-state index in [0.717, 1.165) is 0 Å². The van der Waals surface area contributed by atoms with Gasteiger partial charge in [-0.05, 0) is 19.8 Å². The molecule has 19 heavy (non-hydrogen) atoms. The molecule has 8 heteroatoms. The van der Waals surface area contributed by atoms with Crippen molar-refractivity contribution in [3.8, 4) is 0 Å². The van der Waals surface area contributed by atoms with Gasteiger partial charge in [0.05, 0.1) is 6.20 Å². The van der Waals surface area contributed by atoms with Gasteiger partial charge in [-0.1, -0.05) is 0 Å². The van der Waals surface area contributed by atoms with Crippen LogP contribution >= 0.6 is 0 Å². The van der Waals surface area contributed by atoms with Crippen molar-refractivity contribution in [3.63, 3.8) is 0 Å². The molecule has 1 aliphatic heterocycles. The van der Waals surface area contributed by atoms with Gasteiger partial charge in [0.25, 0.3) is 0 Å². The van der Waals surface area contributed by atoms with Crippen LogP contribution in [0.25, 0.3) is 0 Å². The standard InChI is InChI=1S/C11H17N3O4S/c1-2-13-8-10(6-12-13)19(17,18)14-5-3-4-9(7-14)11(15)16/h6,8-9H,2-5,7H2,1H3,(H,15,16)/p-1/t9-/m1/s1. The van der Waals surface area contributed by atoms with Gasteiger partial charge in [0.15, 0.2) is 0 Å². The molecule has 1 aromatic rings. The van der Waals surface area contributed by atoms with Gasteiger partial charge in [-0.15, -0.1) is 0 Å². The number of hydrogen-bond donors (Lipinski definition) is 0. The minimum absolute atomic E-state index is 0.0258. The lowest BCUT2D eigenvalue weighted by molar-refractivity contribution is -0.312. The van der Waals surface area contributed by atoms with Gasteiger partial charge in [-0.3, -0.25) is 4.68 Å². The summed E-state index contributed by atoms with van der Waals surface area (Å²) in [5.74, 6) is -1.92. The second-order valence-corrected chi connectivity index (χ2v) is 6.49. The van der Waals surface area contributed by atoms with E-state index in [-0.39, 0.29) is 11.4 Å². The van der Waals surface area contributed by atoms with E-state index in [0.29, 0.717) is 25.9 Å². The van der Waals surface area contributed by atoms with Crippen LogP contribution in [0.15, 0.2) is 17.3 Å². The molecule has 0 N–H and O–H groups in total. The summed E-state index contributed by atoms with van der Waals surface area (Å²) in [5.41, 5.74) is 0. The summed E-state index contributed by atoms with van der Waals surface area (Å²) in [6.07, 6.45) is 3.74. The molecular formula is C11H16N3O4S-. The fourth-order valence-corrected chi connectivity index (χ4v) is 3.63. The third-order valence-electron chi connectivity index (χ3n) is 3.29. The van der Waals surface area contributed by atoms with Crippen molar-refractivity contribution < 1.29 is 18.3 Å². The number of nitrogens with zero attached hydrogens (tertiary/aromatic N) is 3. The number of carboxylic acid groups (broad SMARTS) is 1. The lowest BCUT2D eigenvalue weighted by Crippen LogP contribution is -2.46. The number of hydrogen-bond acceptors (Lipinski definition) is 5. The molecule has 7 nitrogen and oxygen atoms in total. The van der Waals surface area contributed by atoms with Gasteiger partial charge in [0.2, 0.25) is 10.0 Å². The first-order valence-electron chi connectivity index (χ1n) is 6.18. The predicted octanol–water partition coefficient (Wildman–Crippen LogP) is -0.946. The van der Waals surface area contributed by atoms with E-state index < -0.39 is 21.9 Å². The van der Waals surface area contributed by atoms with Crippen molar-refractivity contribution in [3.05, 3.63) is 12.4 Å². The maximum Gasteiger partial charge on any atom is 0.246 e. The van der Waals surface area contributed by atoms with E-state index in [1.54, 1.807) is 0 Å². The maximum absolute atomic E-state index is 12.3. The molecule has 0 spiro atoms. The zero-order valence-electron chi connectivity index (χ0n) is 10.7. The van der Waals surface area contributed by atoms with E-state index >= 15 is 0 Å².